The third-order valence-corrected chi connectivity index (χ3v) is 4.70. The molecule has 4 rings (SSSR count). The molecular weight excluding hydrogens is 440 g/mol. The van der Waals surface area contributed by atoms with E-state index in [-0.39, 0.29) is 11.4 Å². The van der Waals surface area contributed by atoms with Crippen LogP contribution >= 0.6 is 0 Å². The number of aryl methyl sites for hydroxylation is 1. The zero-order valence-electron chi connectivity index (χ0n) is 16.1. The molecule has 0 aliphatic carbocycles. The van der Waals surface area contributed by atoms with Crippen LogP contribution in [0.5, 0.6) is 0 Å². The van der Waals surface area contributed by atoms with Crippen molar-refractivity contribution < 1.29 is 31.1 Å². The number of fused-ring (bicyclic) bond motifs is 1. The third kappa shape index (κ3) is 3.79. The number of rotatable bonds is 3. The van der Waals surface area contributed by atoms with E-state index in [2.05, 4.69) is 20.4 Å². The summed E-state index contributed by atoms with van der Waals surface area (Å²) in [7, 11) is 0. The van der Waals surface area contributed by atoms with Gasteiger partial charge in [-0.1, -0.05) is 6.07 Å². The Hall–Kier alpha value is -3.83. The van der Waals surface area contributed by atoms with Crippen molar-refractivity contribution in [3.05, 3.63) is 71.4 Å². The van der Waals surface area contributed by atoms with Crippen LogP contribution in [0, 0.1) is 6.92 Å². The first-order chi connectivity index (χ1) is 15.0. The van der Waals surface area contributed by atoms with Crippen LogP contribution in [-0.4, -0.2) is 25.7 Å². The number of pyridine rings is 1. The van der Waals surface area contributed by atoms with Crippen LogP contribution in [0.2, 0.25) is 0 Å². The maximum atomic E-state index is 14.0. The van der Waals surface area contributed by atoms with Crippen LogP contribution in [-0.2, 0) is 12.4 Å². The van der Waals surface area contributed by atoms with E-state index in [9.17, 15) is 31.1 Å². The second-order valence-corrected chi connectivity index (χ2v) is 6.87. The van der Waals surface area contributed by atoms with Crippen molar-refractivity contribution in [2.45, 2.75) is 19.3 Å². The van der Waals surface area contributed by atoms with Gasteiger partial charge in [0.25, 0.3) is 5.91 Å². The predicted molar refractivity (Wildman–Crippen MR) is 102 cm³/mol. The second kappa shape index (κ2) is 7.39. The third-order valence-electron chi connectivity index (χ3n) is 4.70. The number of carbonyl (C=O) groups is 1. The van der Waals surface area contributed by atoms with Crippen LogP contribution in [0.25, 0.3) is 16.6 Å². The minimum atomic E-state index is -4.98. The lowest BCUT2D eigenvalue weighted by Gasteiger charge is -2.14. The number of nitrogens with zero attached hydrogens (tertiary/aromatic N) is 3. The largest absolute Gasteiger partial charge is 0.434 e. The number of aromatic amines is 1. The van der Waals surface area contributed by atoms with Crippen LogP contribution in [0.4, 0.5) is 32.0 Å². The maximum absolute atomic E-state index is 14.0. The molecule has 3 aromatic heterocycles. The van der Waals surface area contributed by atoms with Gasteiger partial charge in [-0.3, -0.25) is 9.78 Å². The molecule has 4 aromatic rings. The highest BCUT2D eigenvalue weighted by atomic mass is 19.4. The molecule has 0 saturated heterocycles. The van der Waals surface area contributed by atoms with E-state index >= 15 is 0 Å². The van der Waals surface area contributed by atoms with Gasteiger partial charge in [0.15, 0.2) is 5.69 Å². The Labute approximate surface area is 175 Å². The van der Waals surface area contributed by atoms with Gasteiger partial charge in [-0.25, -0.2) is 4.68 Å². The second-order valence-electron chi connectivity index (χ2n) is 6.87. The van der Waals surface area contributed by atoms with Crippen molar-refractivity contribution in [1.82, 2.24) is 19.7 Å². The first-order valence-corrected chi connectivity index (χ1v) is 9.03. The molecule has 3 heterocycles. The van der Waals surface area contributed by atoms with E-state index in [0.717, 1.165) is 18.5 Å². The summed E-state index contributed by atoms with van der Waals surface area (Å²) in [6.07, 6.45) is -6.62. The zero-order valence-corrected chi connectivity index (χ0v) is 16.1. The Morgan fingerprint density at radius 1 is 1.09 bits per heavy atom. The van der Waals surface area contributed by atoms with Crippen LogP contribution < -0.4 is 5.32 Å². The molecule has 0 aliphatic rings. The molecule has 0 aliphatic heterocycles. The Morgan fingerprint density at radius 2 is 1.84 bits per heavy atom. The lowest BCUT2D eigenvalue weighted by molar-refractivity contribution is -0.143. The molecule has 0 radical (unpaired) electrons. The Balaban J connectivity index is 1.79. The van der Waals surface area contributed by atoms with Gasteiger partial charge in [0.2, 0.25) is 0 Å². The number of anilines is 1. The smallest absolute Gasteiger partial charge is 0.361 e. The molecule has 12 heteroatoms. The predicted octanol–water partition coefficient (Wildman–Crippen LogP) is 5.35. The number of H-pyrrole nitrogens is 1. The summed E-state index contributed by atoms with van der Waals surface area (Å²) in [5.74, 6) is -1.26. The van der Waals surface area contributed by atoms with Gasteiger partial charge in [0, 0.05) is 29.0 Å². The standard InChI is InChI=1S/C20H13F6N5O/c1-10-8-28-13-3-2-4-14(16(10)13)31-17(20(24,25)26)12(9-29-31)18(32)30-11-5-6-27-15(7-11)19(21,22)23/h2-9,28H,1H3,(H,27,30,32). The van der Waals surface area contributed by atoms with E-state index in [1.165, 1.54) is 12.1 Å². The average Bonchev–Trinajstić information content (AvgIpc) is 3.32. The fourth-order valence-electron chi connectivity index (χ4n) is 3.34. The molecule has 0 bridgehead atoms. The van der Waals surface area contributed by atoms with Crippen LogP contribution in [0.15, 0.2) is 48.9 Å². The first kappa shape index (κ1) is 21.4. The number of aromatic nitrogens is 4. The van der Waals surface area contributed by atoms with Crippen molar-refractivity contribution in [2.75, 3.05) is 5.32 Å². The fourth-order valence-corrected chi connectivity index (χ4v) is 3.34. The molecule has 6 nitrogen and oxygen atoms in total. The van der Waals surface area contributed by atoms with Crippen LogP contribution in [0.1, 0.15) is 27.3 Å². The van der Waals surface area contributed by atoms with Gasteiger partial charge in [-0.05, 0) is 36.8 Å². The minimum Gasteiger partial charge on any atom is -0.361 e. The quantitative estimate of drug-likeness (QED) is 0.411. The molecule has 1 amide bonds. The monoisotopic (exact) mass is 453 g/mol. The summed E-state index contributed by atoms with van der Waals surface area (Å²) in [5.41, 5.74) is -2.51. The van der Waals surface area contributed by atoms with E-state index in [1.807, 2.05) is 0 Å². The first-order valence-electron chi connectivity index (χ1n) is 9.03. The summed E-state index contributed by atoms with van der Waals surface area (Å²) < 4.78 is 81.0. The number of benzene rings is 1. The Kier molecular flexibility index (Phi) is 4.94. The topological polar surface area (TPSA) is 75.6 Å². The number of amides is 1. The van der Waals surface area contributed by atoms with Crippen molar-refractivity contribution >= 4 is 22.5 Å². The number of nitrogens with one attached hydrogen (secondary N) is 2. The van der Waals surface area contributed by atoms with E-state index in [4.69, 9.17) is 0 Å². The normalized spacial score (nSPS) is 12.3. The number of hydrogen-bond acceptors (Lipinski definition) is 3. The molecule has 0 atom stereocenters. The number of alkyl halides is 6. The molecule has 0 unspecified atom stereocenters. The number of halogens is 6. The Morgan fingerprint density at radius 3 is 2.53 bits per heavy atom. The van der Waals surface area contributed by atoms with Gasteiger partial charge in [-0.15, -0.1) is 0 Å². The zero-order chi connectivity index (χ0) is 23.3. The van der Waals surface area contributed by atoms with Crippen molar-refractivity contribution in [1.29, 1.82) is 0 Å². The fraction of sp³-hybridized carbons (Fsp3) is 0.150. The van der Waals surface area contributed by atoms with Gasteiger partial charge < -0.3 is 10.3 Å². The van der Waals surface area contributed by atoms with Crippen LogP contribution in [0.3, 0.4) is 0 Å². The lowest BCUT2D eigenvalue weighted by Crippen LogP contribution is -2.21. The molecular formula is C20H13F6N5O. The molecule has 0 saturated carbocycles. The maximum Gasteiger partial charge on any atom is 0.434 e. The SMILES string of the molecule is Cc1c[nH]c2cccc(-n3ncc(C(=O)Nc4ccnc(C(F)(F)F)c4)c3C(F)(F)F)c12. The highest BCUT2D eigenvalue weighted by molar-refractivity contribution is 6.05. The highest BCUT2D eigenvalue weighted by Gasteiger charge is 2.41. The average molecular weight is 453 g/mol. The summed E-state index contributed by atoms with van der Waals surface area (Å²) >= 11 is 0. The molecule has 0 spiro atoms. The summed E-state index contributed by atoms with van der Waals surface area (Å²) in [5, 5.41) is 6.31. The van der Waals surface area contributed by atoms with Gasteiger partial charge in [0.1, 0.15) is 5.69 Å². The summed E-state index contributed by atoms with van der Waals surface area (Å²) in [4.78, 5) is 18.7. The lowest BCUT2D eigenvalue weighted by atomic mass is 10.1. The van der Waals surface area contributed by atoms with E-state index in [0.29, 0.717) is 27.2 Å². The summed E-state index contributed by atoms with van der Waals surface area (Å²) in [6, 6.07) is 6.20. The molecule has 1 aromatic carbocycles. The minimum absolute atomic E-state index is 0.0934. The van der Waals surface area contributed by atoms with E-state index in [1.54, 1.807) is 19.2 Å². The summed E-state index contributed by atoms with van der Waals surface area (Å²) in [6.45, 7) is 1.70. The number of hydrogen-bond donors (Lipinski definition) is 2. The van der Waals surface area contributed by atoms with Gasteiger partial charge >= 0.3 is 12.4 Å². The highest BCUT2D eigenvalue weighted by Crippen LogP contribution is 2.36. The number of carbonyl (C=O) groups excluding carboxylic acids is 1. The molecule has 0 fully saturated rings. The van der Waals surface area contributed by atoms with Crippen molar-refractivity contribution in [2.24, 2.45) is 0 Å². The molecule has 32 heavy (non-hydrogen) atoms. The molecule has 2 N–H and O–H groups in total. The van der Waals surface area contributed by atoms with E-state index < -0.39 is 35.2 Å². The van der Waals surface area contributed by atoms with Gasteiger partial charge in [0.05, 0.1) is 17.4 Å². The van der Waals surface area contributed by atoms with Crippen molar-refractivity contribution in [3.63, 3.8) is 0 Å². The van der Waals surface area contributed by atoms with Gasteiger partial charge in [-0.2, -0.15) is 31.4 Å². The Bertz CT molecular complexity index is 1320. The molecule has 166 valence electrons. The van der Waals surface area contributed by atoms with Crippen molar-refractivity contribution in [3.8, 4) is 5.69 Å².